The first-order valence-electron chi connectivity index (χ1n) is 4.76. The Morgan fingerprint density at radius 2 is 2.31 bits per heavy atom. The molecular weight excluding hydrogens is 184 g/mol. The van der Waals surface area contributed by atoms with Crippen molar-refractivity contribution in [2.24, 2.45) is 0 Å². The summed E-state index contributed by atoms with van der Waals surface area (Å²) in [5.74, 6) is 1.72. The molecule has 0 radical (unpaired) electrons. The maximum absolute atomic E-state index is 6.26. The number of benzene rings is 1. The van der Waals surface area contributed by atoms with E-state index in [1.165, 1.54) is 11.1 Å². The molecule has 13 heavy (non-hydrogen) atoms. The average molecular weight is 195 g/mol. The molecule has 0 fully saturated rings. The summed E-state index contributed by atoms with van der Waals surface area (Å²) in [6, 6.07) is 6.22. The van der Waals surface area contributed by atoms with Crippen LogP contribution in [0.5, 0.6) is 5.75 Å². The molecule has 1 nitrogen and oxygen atoms in total. The zero-order chi connectivity index (χ0) is 8.84. The fraction of sp³-hybridized carbons (Fsp3) is 0.455. The van der Waals surface area contributed by atoms with E-state index in [0.29, 0.717) is 5.92 Å². The molecule has 1 aliphatic carbocycles. The highest BCUT2D eigenvalue weighted by atomic mass is 35.5. The van der Waals surface area contributed by atoms with Crippen molar-refractivity contribution in [1.29, 1.82) is 0 Å². The van der Waals surface area contributed by atoms with E-state index in [2.05, 4.69) is 12.1 Å². The van der Waals surface area contributed by atoms with Gasteiger partial charge in [-0.3, -0.25) is 0 Å². The molecule has 2 heteroatoms. The van der Waals surface area contributed by atoms with Crippen LogP contribution in [0.3, 0.4) is 0 Å². The van der Waals surface area contributed by atoms with Gasteiger partial charge in [-0.2, -0.15) is 0 Å². The van der Waals surface area contributed by atoms with Crippen molar-refractivity contribution in [3.8, 4) is 5.75 Å². The van der Waals surface area contributed by atoms with E-state index in [0.717, 1.165) is 25.2 Å². The highest BCUT2D eigenvalue weighted by Gasteiger charge is 2.34. The molecule has 2 aliphatic rings. The SMILES string of the molecule is ClC1CC2CCOc3cccc1c32. The molecule has 1 aromatic rings. The second-order valence-electron chi connectivity index (χ2n) is 3.80. The van der Waals surface area contributed by atoms with E-state index < -0.39 is 0 Å². The zero-order valence-corrected chi connectivity index (χ0v) is 8.05. The van der Waals surface area contributed by atoms with Crippen LogP contribution < -0.4 is 4.74 Å². The zero-order valence-electron chi connectivity index (χ0n) is 7.29. The summed E-state index contributed by atoms with van der Waals surface area (Å²) in [5, 5.41) is 0.210. The van der Waals surface area contributed by atoms with Crippen LogP contribution in [0.2, 0.25) is 0 Å². The second kappa shape index (κ2) is 2.65. The van der Waals surface area contributed by atoms with Gasteiger partial charge in [-0.05, 0) is 30.4 Å². The van der Waals surface area contributed by atoms with E-state index in [-0.39, 0.29) is 5.38 Å². The molecule has 0 spiro atoms. The van der Waals surface area contributed by atoms with Gasteiger partial charge in [0.1, 0.15) is 5.75 Å². The molecule has 2 unspecified atom stereocenters. The van der Waals surface area contributed by atoms with Crippen LogP contribution in [0.4, 0.5) is 0 Å². The standard InChI is InChI=1S/C11H11ClO/c12-9-6-7-4-5-13-10-3-1-2-8(9)11(7)10/h1-3,7,9H,4-6H2. The van der Waals surface area contributed by atoms with Gasteiger partial charge >= 0.3 is 0 Å². The number of alkyl halides is 1. The van der Waals surface area contributed by atoms with E-state index in [1.54, 1.807) is 0 Å². The fourth-order valence-corrected chi connectivity index (χ4v) is 2.87. The molecule has 0 saturated heterocycles. The molecule has 1 heterocycles. The van der Waals surface area contributed by atoms with Crippen LogP contribution in [-0.2, 0) is 0 Å². The summed E-state index contributed by atoms with van der Waals surface area (Å²) in [6.45, 7) is 0.852. The molecule has 1 aliphatic heterocycles. The number of hydrogen-bond acceptors (Lipinski definition) is 1. The summed E-state index contributed by atoms with van der Waals surface area (Å²) in [4.78, 5) is 0. The normalized spacial score (nSPS) is 29.6. The maximum atomic E-state index is 6.26. The Morgan fingerprint density at radius 3 is 3.23 bits per heavy atom. The number of hydrogen-bond donors (Lipinski definition) is 0. The first-order valence-corrected chi connectivity index (χ1v) is 5.19. The molecule has 0 N–H and O–H groups in total. The Morgan fingerprint density at radius 1 is 1.38 bits per heavy atom. The maximum Gasteiger partial charge on any atom is 0.123 e. The van der Waals surface area contributed by atoms with Crippen LogP contribution >= 0.6 is 11.6 Å². The van der Waals surface area contributed by atoms with Gasteiger partial charge < -0.3 is 4.74 Å². The monoisotopic (exact) mass is 194 g/mol. The number of halogens is 1. The van der Waals surface area contributed by atoms with Gasteiger partial charge in [0.05, 0.1) is 12.0 Å². The molecule has 2 atom stereocenters. The minimum absolute atomic E-state index is 0.210. The fourth-order valence-electron chi connectivity index (χ4n) is 2.46. The number of ether oxygens (including phenoxy) is 1. The molecule has 1 aromatic carbocycles. The summed E-state index contributed by atoms with van der Waals surface area (Å²) in [7, 11) is 0. The lowest BCUT2D eigenvalue weighted by atomic mass is 9.95. The summed E-state index contributed by atoms with van der Waals surface area (Å²) >= 11 is 6.26. The molecular formula is C11H11ClO. The average Bonchev–Trinajstić information content (AvgIpc) is 2.47. The molecule has 0 saturated carbocycles. The first kappa shape index (κ1) is 7.69. The van der Waals surface area contributed by atoms with Gasteiger partial charge in [-0.1, -0.05) is 12.1 Å². The Bertz CT molecular complexity index is 348. The third kappa shape index (κ3) is 1.000. The Kier molecular flexibility index (Phi) is 1.57. The van der Waals surface area contributed by atoms with E-state index in [1.807, 2.05) is 6.07 Å². The van der Waals surface area contributed by atoms with Crippen molar-refractivity contribution in [2.75, 3.05) is 6.61 Å². The van der Waals surface area contributed by atoms with Gasteiger partial charge in [0.2, 0.25) is 0 Å². The molecule has 0 bridgehead atoms. The molecule has 68 valence electrons. The van der Waals surface area contributed by atoms with Crippen molar-refractivity contribution in [3.05, 3.63) is 29.3 Å². The smallest absolute Gasteiger partial charge is 0.123 e. The molecule has 0 amide bonds. The predicted molar refractivity (Wildman–Crippen MR) is 52.5 cm³/mol. The quantitative estimate of drug-likeness (QED) is 0.577. The minimum Gasteiger partial charge on any atom is -0.493 e. The largest absolute Gasteiger partial charge is 0.493 e. The van der Waals surface area contributed by atoms with E-state index in [9.17, 15) is 0 Å². The van der Waals surface area contributed by atoms with E-state index >= 15 is 0 Å². The second-order valence-corrected chi connectivity index (χ2v) is 4.32. The number of rotatable bonds is 0. The van der Waals surface area contributed by atoms with Gasteiger partial charge in [0.15, 0.2) is 0 Å². The highest BCUT2D eigenvalue weighted by molar-refractivity contribution is 6.21. The topological polar surface area (TPSA) is 9.23 Å². The van der Waals surface area contributed by atoms with Gasteiger partial charge in [-0.15, -0.1) is 11.6 Å². The summed E-state index contributed by atoms with van der Waals surface area (Å²) < 4.78 is 5.60. The third-order valence-corrected chi connectivity index (χ3v) is 3.47. The highest BCUT2D eigenvalue weighted by Crippen LogP contribution is 2.50. The predicted octanol–water partition coefficient (Wildman–Crippen LogP) is 3.24. The molecule has 3 rings (SSSR count). The van der Waals surface area contributed by atoms with Gasteiger partial charge in [0.25, 0.3) is 0 Å². The van der Waals surface area contributed by atoms with Crippen LogP contribution in [0, 0.1) is 0 Å². The first-order chi connectivity index (χ1) is 6.36. The van der Waals surface area contributed by atoms with Crippen LogP contribution in [-0.4, -0.2) is 6.61 Å². The minimum atomic E-state index is 0.210. The third-order valence-electron chi connectivity index (χ3n) is 3.06. The van der Waals surface area contributed by atoms with Crippen molar-refractivity contribution < 1.29 is 4.74 Å². The van der Waals surface area contributed by atoms with Gasteiger partial charge in [0, 0.05) is 5.56 Å². The lowest BCUT2D eigenvalue weighted by molar-refractivity contribution is 0.269. The van der Waals surface area contributed by atoms with Crippen molar-refractivity contribution in [1.82, 2.24) is 0 Å². The van der Waals surface area contributed by atoms with Crippen molar-refractivity contribution >= 4 is 11.6 Å². The van der Waals surface area contributed by atoms with Crippen LogP contribution in [0.15, 0.2) is 18.2 Å². The Balaban J connectivity index is 2.22. The van der Waals surface area contributed by atoms with Crippen LogP contribution in [0.1, 0.15) is 35.3 Å². The lowest BCUT2D eigenvalue weighted by Crippen LogP contribution is -2.11. The van der Waals surface area contributed by atoms with Gasteiger partial charge in [-0.25, -0.2) is 0 Å². The van der Waals surface area contributed by atoms with Crippen LogP contribution in [0.25, 0.3) is 0 Å². The summed E-state index contributed by atoms with van der Waals surface area (Å²) in [5.41, 5.74) is 2.68. The Labute approximate surface area is 82.7 Å². The molecule has 0 aromatic heterocycles. The van der Waals surface area contributed by atoms with Crippen molar-refractivity contribution in [2.45, 2.75) is 24.1 Å². The lowest BCUT2D eigenvalue weighted by Gasteiger charge is -2.21. The van der Waals surface area contributed by atoms with Crippen molar-refractivity contribution in [3.63, 3.8) is 0 Å². The van der Waals surface area contributed by atoms with E-state index in [4.69, 9.17) is 16.3 Å². The summed E-state index contributed by atoms with van der Waals surface area (Å²) in [6.07, 6.45) is 2.23. The Hall–Kier alpha value is -0.690.